The van der Waals surface area contributed by atoms with Crippen molar-refractivity contribution in [2.45, 2.75) is 43.7 Å². The van der Waals surface area contributed by atoms with Gasteiger partial charge in [-0.2, -0.15) is 0 Å². The fraction of sp³-hybridized carbons (Fsp3) is 0.538. The van der Waals surface area contributed by atoms with Crippen molar-refractivity contribution in [3.8, 4) is 0 Å². The molecule has 1 aromatic carbocycles. The van der Waals surface area contributed by atoms with E-state index in [4.69, 9.17) is 0 Å². The van der Waals surface area contributed by atoms with Crippen LogP contribution < -0.4 is 5.32 Å². The summed E-state index contributed by atoms with van der Waals surface area (Å²) < 4.78 is 39.7. The largest absolute Gasteiger partial charge is 0.311 e. The number of fused-ring (bicyclic) bond motifs is 2. The van der Waals surface area contributed by atoms with Crippen LogP contribution in [0.5, 0.6) is 0 Å². The molecule has 1 N–H and O–H groups in total. The van der Waals surface area contributed by atoms with Gasteiger partial charge >= 0.3 is 0 Å². The number of piperidine rings is 1. The zero-order valence-corrected chi connectivity index (χ0v) is 9.35. The number of halogens is 3. The standard InChI is InChI=1S/C13H14F3N/c14-11-6-13(16)12(15)5-10(11)7-3-8-1-2-9(4-7)17-8/h5-9,17H,1-4H2. The molecule has 0 spiro atoms. The fourth-order valence-electron chi connectivity index (χ4n) is 3.16. The van der Waals surface area contributed by atoms with Gasteiger partial charge in [0.2, 0.25) is 0 Å². The van der Waals surface area contributed by atoms with E-state index in [9.17, 15) is 13.2 Å². The normalized spacial score (nSPS) is 31.8. The Morgan fingerprint density at radius 1 is 0.882 bits per heavy atom. The summed E-state index contributed by atoms with van der Waals surface area (Å²) in [7, 11) is 0. The lowest BCUT2D eigenvalue weighted by atomic mass is 9.86. The first-order chi connectivity index (χ1) is 8.13. The minimum atomic E-state index is -1.11. The average Bonchev–Trinajstić information content (AvgIpc) is 2.63. The summed E-state index contributed by atoms with van der Waals surface area (Å²) in [5.74, 6) is -2.66. The molecule has 17 heavy (non-hydrogen) atoms. The molecule has 1 nitrogen and oxygen atoms in total. The average molecular weight is 241 g/mol. The fourth-order valence-corrected chi connectivity index (χ4v) is 3.16. The van der Waals surface area contributed by atoms with Crippen LogP contribution in [0.1, 0.15) is 37.2 Å². The first kappa shape index (κ1) is 11.1. The second kappa shape index (κ2) is 4.02. The highest BCUT2D eigenvalue weighted by molar-refractivity contribution is 5.25. The van der Waals surface area contributed by atoms with E-state index in [1.807, 2.05) is 0 Å². The molecule has 2 unspecified atom stereocenters. The summed E-state index contributed by atoms with van der Waals surface area (Å²) in [5, 5.41) is 3.45. The van der Waals surface area contributed by atoms with Gasteiger partial charge in [-0.05, 0) is 43.2 Å². The molecule has 2 aliphatic heterocycles. The quantitative estimate of drug-likeness (QED) is 0.745. The van der Waals surface area contributed by atoms with Gasteiger partial charge in [-0.15, -0.1) is 0 Å². The number of hydrogen-bond acceptors (Lipinski definition) is 1. The van der Waals surface area contributed by atoms with Crippen LogP contribution in [0.3, 0.4) is 0 Å². The first-order valence-corrected chi connectivity index (χ1v) is 6.04. The Balaban J connectivity index is 1.91. The highest BCUT2D eigenvalue weighted by Gasteiger charge is 2.35. The molecule has 2 bridgehead atoms. The van der Waals surface area contributed by atoms with Crippen molar-refractivity contribution in [1.29, 1.82) is 0 Å². The summed E-state index contributed by atoms with van der Waals surface area (Å²) in [5.41, 5.74) is 0.335. The Hall–Kier alpha value is -1.03. The minimum absolute atomic E-state index is 0.0175. The lowest BCUT2D eigenvalue weighted by Gasteiger charge is -2.29. The van der Waals surface area contributed by atoms with E-state index >= 15 is 0 Å². The third-order valence-electron chi connectivity index (χ3n) is 3.95. The van der Waals surface area contributed by atoms with Crippen LogP contribution in [0.15, 0.2) is 12.1 Å². The van der Waals surface area contributed by atoms with Gasteiger partial charge in [0, 0.05) is 18.2 Å². The van der Waals surface area contributed by atoms with Crippen LogP contribution in [-0.2, 0) is 0 Å². The molecule has 0 radical (unpaired) electrons. The molecule has 2 fully saturated rings. The molecule has 2 heterocycles. The van der Waals surface area contributed by atoms with Crippen LogP contribution in [-0.4, -0.2) is 12.1 Å². The van der Waals surface area contributed by atoms with Gasteiger partial charge in [-0.1, -0.05) is 0 Å². The summed E-state index contributed by atoms with van der Waals surface area (Å²) in [6.07, 6.45) is 3.84. The van der Waals surface area contributed by atoms with E-state index < -0.39 is 17.5 Å². The molecule has 0 saturated carbocycles. The number of nitrogens with one attached hydrogen (secondary N) is 1. The highest BCUT2D eigenvalue weighted by atomic mass is 19.2. The zero-order chi connectivity index (χ0) is 12.0. The molecule has 1 aromatic rings. The van der Waals surface area contributed by atoms with Crippen molar-refractivity contribution in [1.82, 2.24) is 5.32 Å². The third-order valence-corrected chi connectivity index (χ3v) is 3.95. The van der Waals surface area contributed by atoms with E-state index in [0.717, 1.165) is 31.7 Å². The van der Waals surface area contributed by atoms with Crippen molar-refractivity contribution in [2.24, 2.45) is 0 Å². The van der Waals surface area contributed by atoms with Crippen LogP contribution in [0.2, 0.25) is 0 Å². The molecule has 0 aromatic heterocycles. The molecule has 2 atom stereocenters. The Labute approximate surface area is 98.0 Å². The molecule has 3 rings (SSSR count). The monoisotopic (exact) mass is 241 g/mol. The Morgan fingerprint density at radius 2 is 1.47 bits per heavy atom. The van der Waals surface area contributed by atoms with Crippen molar-refractivity contribution < 1.29 is 13.2 Å². The Morgan fingerprint density at radius 3 is 2.12 bits per heavy atom. The summed E-state index contributed by atoms with van der Waals surface area (Å²) in [6.45, 7) is 0. The number of hydrogen-bond donors (Lipinski definition) is 1. The lowest BCUT2D eigenvalue weighted by molar-refractivity contribution is 0.354. The lowest BCUT2D eigenvalue weighted by Crippen LogP contribution is -2.37. The maximum absolute atomic E-state index is 13.7. The summed E-state index contributed by atoms with van der Waals surface area (Å²) in [4.78, 5) is 0. The predicted octanol–water partition coefficient (Wildman–Crippen LogP) is 3.10. The van der Waals surface area contributed by atoms with Gasteiger partial charge < -0.3 is 5.32 Å². The third kappa shape index (κ3) is 1.95. The van der Waals surface area contributed by atoms with Crippen LogP contribution in [0.25, 0.3) is 0 Å². The first-order valence-electron chi connectivity index (χ1n) is 6.04. The highest BCUT2D eigenvalue weighted by Crippen LogP contribution is 2.38. The second-order valence-corrected chi connectivity index (χ2v) is 5.09. The van der Waals surface area contributed by atoms with Gasteiger partial charge in [0.05, 0.1) is 0 Å². The van der Waals surface area contributed by atoms with E-state index in [2.05, 4.69) is 5.32 Å². The van der Waals surface area contributed by atoms with Crippen molar-refractivity contribution >= 4 is 0 Å². The molecule has 2 aliphatic rings. The molecular weight excluding hydrogens is 227 g/mol. The maximum Gasteiger partial charge on any atom is 0.161 e. The van der Waals surface area contributed by atoms with Gasteiger partial charge in [-0.25, -0.2) is 13.2 Å². The molecule has 2 saturated heterocycles. The molecular formula is C13H14F3N. The Kier molecular flexibility index (Phi) is 2.62. The number of rotatable bonds is 1. The number of benzene rings is 1. The van der Waals surface area contributed by atoms with E-state index in [1.165, 1.54) is 0 Å². The van der Waals surface area contributed by atoms with E-state index in [1.54, 1.807) is 0 Å². The van der Waals surface area contributed by atoms with Gasteiger partial charge in [0.1, 0.15) is 5.82 Å². The van der Waals surface area contributed by atoms with Gasteiger partial charge in [0.15, 0.2) is 11.6 Å². The minimum Gasteiger partial charge on any atom is -0.311 e. The summed E-state index contributed by atoms with van der Waals surface area (Å²) >= 11 is 0. The molecule has 0 aliphatic carbocycles. The molecule has 92 valence electrons. The predicted molar refractivity (Wildman–Crippen MR) is 58.2 cm³/mol. The van der Waals surface area contributed by atoms with Crippen LogP contribution >= 0.6 is 0 Å². The van der Waals surface area contributed by atoms with Gasteiger partial charge in [0.25, 0.3) is 0 Å². The molecule has 4 heteroatoms. The van der Waals surface area contributed by atoms with E-state index in [0.29, 0.717) is 23.7 Å². The molecule has 0 amide bonds. The zero-order valence-electron chi connectivity index (χ0n) is 9.35. The van der Waals surface area contributed by atoms with E-state index in [-0.39, 0.29) is 5.92 Å². The van der Waals surface area contributed by atoms with Crippen molar-refractivity contribution in [3.05, 3.63) is 35.1 Å². The second-order valence-electron chi connectivity index (χ2n) is 5.09. The smallest absolute Gasteiger partial charge is 0.161 e. The van der Waals surface area contributed by atoms with Crippen molar-refractivity contribution in [2.75, 3.05) is 0 Å². The summed E-state index contributed by atoms with van der Waals surface area (Å²) in [6, 6.07) is 2.51. The topological polar surface area (TPSA) is 12.0 Å². The van der Waals surface area contributed by atoms with Gasteiger partial charge in [-0.3, -0.25) is 0 Å². The van der Waals surface area contributed by atoms with Crippen LogP contribution in [0.4, 0.5) is 13.2 Å². The SMILES string of the molecule is Fc1cc(F)c(C2CC3CCC(C2)N3)cc1F. The van der Waals surface area contributed by atoms with Crippen molar-refractivity contribution in [3.63, 3.8) is 0 Å². The Bertz CT molecular complexity index is 435. The maximum atomic E-state index is 13.7. The van der Waals surface area contributed by atoms with Crippen LogP contribution in [0, 0.1) is 17.5 Å².